The molecule has 2 heterocycles. The molecule has 1 aliphatic carbocycles. The SMILES string of the molecule is CNC(=O)C1CCN(c2nnc(C3(c4ccccc4)CC3)n2C)CC1. The summed E-state index contributed by atoms with van der Waals surface area (Å²) in [7, 11) is 3.78. The van der Waals surface area contributed by atoms with Crippen molar-refractivity contribution in [3.63, 3.8) is 0 Å². The number of nitrogens with one attached hydrogen (secondary N) is 1. The maximum absolute atomic E-state index is 11.8. The molecule has 0 atom stereocenters. The Morgan fingerprint density at radius 1 is 1.16 bits per heavy atom. The number of piperidine rings is 1. The third kappa shape index (κ3) is 2.69. The molecule has 0 unspecified atom stereocenters. The number of nitrogens with zero attached hydrogens (tertiary/aromatic N) is 4. The molecular weight excluding hydrogens is 314 g/mol. The van der Waals surface area contributed by atoms with Gasteiger partial charge >= 0.3 is 0 Å². The van der Waals surface area contributed by atoms with Crippen molar-refractivity contribution in [2.75, 3.05) is 25.0 Å². The minimum Gasteiger partial charge on any atom is -0.359 e. The van der Waals surface area contributed by atoms with Gasteiger partial charge < -0.3 is 10.2 Å². The molecule has 6 nitrogen and oxygen atoms in total. The summed E-state index contributed by atoms with van der Waals surface area (Å²) in [4.78, 5) is 14.1. The minimum absolute atomic E-state index is 0.0294. The summed E-state index contributed by atoms with van der Waals surface area (Å²) >= 11 is 0. The van der Waals surface area contributed by atoms with E-state index >= 15 is 0 Å². The van der Waals surface area contributed by atoms with Crippen molar-refractivity contribution < 1.29 is 4.79 Å². The quantitative estimate of drug-likeness (QED) is 0.923. The van der Waals surface area contributed by atoms with Crippen LogP contribution >= 0.6 is 0 Å². The van der Waals surface area contributed by atoms with Gasteiger partial charge in [-0.1, -0.05) is 30.3 Å². The molecule has 2 fully saturated rings. The molecule has 1 saturated carbocycles. The monoisotopic (exact) mass is 339 g/mol. The second-order valence-electron chi connectivity index (χ2n) is 7.21. The van der Waals surface area contributed by atoms with Gasteiger partial charge in [0, 0.05) is 33.1 Å². The maximum atomic E-state index is 11.8. The molecule has 2 aromatic rings. The summed E-state index contributed by atoms with van der Waals surface area (Å²) in [6.07, 6.45) is 3.99. The van der Waals surface area contributed by atoms with Crippen molar-refractivity contribution in [2.24, 2.45) is 13.0 Å². The lowest BCUT2D eigenvalue weighted by atomic mass is 9.95. The average Bonchev–Trinajstić information content (AvgIpc) is 3.38. The highest BCUT2D eigenvalue weighted by molar-refractivity contribution is 5.78. The highest BCUT2D eigenvalue weighted by Crippen LogP contribution is 2.52. The molecule has 6 heteroatoms. The van der Waals surface area contributed by atoms with Gasteiger partial charge in [0.1, 0.15) is 5.82 Å². The number of amides is 1. The van der Waals surface area contributed by atoms with E-state index in [1.165, 1.54) is 5.56 Å². The van der Waals surface area contributed by atoms with E-state index in [1.54, 1.807) is 7.05 Å². The van der Waals surface area contributed by atoms with Gasteiger partial charge in [-0.3, -0.25) is 9.36 Å². The zero-order valence-electron chi connectivity index (χ0n) is 14.9. The van der Waals surface area contributed by atoms with Gasteiger partial charge in [-0.2, -0.15) is 0 Å². The zero-order valence-corrected chi connectivity index (χ0v) is 14.9. The molecule has 132 valence electrons. The van der Waals surface area contributed by atoms with E-state index in [0.717, 1.165) is 50.5 Å². The zero-order chi connectivity index (χ0) is 17.4. The number of benzene rings is 1. The van der Waals surface area contributed by atoms with Crippen LogP contribution in [-0.4, -0.2) is 40.8 Å². The highest BCUT2D eigenvalue weighted by atomic mass is 16.1. The summed E-state index contributed by atoms with van der Waals surface area (Å²) < 4.78 is 2.15. The lowest BCUT2D eigenvalue weighted by molar-refractivity contribution is -0.125. The molecule has 2 aliphatic rings. The van der Waals surface area contributed by atoms with Crippen LogP contribution in [-0.2, 0) is 17.3 Å². The van der Waals surface area contributed by atoms with E-state index in [4.69, 9.17) is 0 Å². The van der Waals surface area contributed by atoms with E-state index < -0.39 is 0 Å². The molecular formula is C19H25N5O. The van der Waals surface area contributed by atoms with E-state index in [1.807, 2.05) is 0 Å². The van der Waals surface area contributed by atoms with Crippen molar-refractivity contribution in [3.8, 4) is 0 Å². The Hall–Kier alpha value is -2.37. The summed E-state index contributed by atoms with van der Waals surface area (Å²) in [5.74, 6) is 2.25. The first-order valence-electron chi connectivity index (χ1n) is 9.07. The molecule has 1 aromatic carbocycles. The lowest BCUT2D eigenvalue weighted by Crippen LogP contribution is -2.40. The molecule has 1 N–H and O–H groups in total. The molecule has 1 amide bonds. The highest BCUT2D eigenvalue weighted by Gasteiger charge is 2.50. The molecule has 4 rings (SSSR count). The summed E-state index contributed by atoms with van der Waals surface area (Å²) in [5.41, 5.74) is 1.36. The van der Waals surface area contributed by atoms with Crippen LogP contribution in [0.2, 0.25) is 0 Å². The van der Waals surface area contributed by atoms with Crippen molar-refractivity contribution >= 4 is 11.9 Å². The molecule has 0 bridgehead atoms. The van der Waals surface area contributed by atoms with E-state index in [0.29, 0.717) is 0 Å². The molecule has 1 aliphatic heterocycles. The number of rotatable bonds is 4. The number of hydrogen-bond acceptors (Lipinski definition) is 4. The average molecular weight is 339 g/mol. The largest absolute Gasteiger partial charge is 0.359 e. The van der Waals surface area contributed by atoms with Crippen LogP contribution in [0.5, 0.6) is 0 Å². The second-order valence-corrected chi connectivity index (χ2v) is 7.21. The van der Waals surface area contributed by atoms with Crippen LogP contribution in [0, 0.1) is 5.92 Å². The molecule has 1 saturated heterocycles. The standard InChI is InChI=1S/C19H25N5O/c1-20-16(25)14-8-12-24(13-9-14)18-22-21-17(23(18)2)19(10-11-19)15-6-4-3-5-7-15/h3-7,14H,8-13H2,1-2H3,(H,20,25). The normalized spacial score (nSPS) is 19.7. The van der Waals surface area contributed by atoms with Gasteiger partial charge in [-0.15, -0.1) is 10.2 Å². The van der Waals surface area contributed by atoms with Gasteiger partial charge in [0.25, 0.3) is 0 Å². The van der Waals surface area contributed by atoms with E-state index in [9.17, 15) is 4.79 Å². The van der Waals surface area contributed by atoms with Crippen LogP contribution < -0.4 is 10.2 Å². The first-order chi connectivity index (χ1) is 12.2. The smallest absolute Gasteiger partial charge is 0.226 e. The van der Waals surface area contributed by atoms with Gasteiger partial charge in [0.15, 0.2) is 0 Å². The Morgan fingerprint density at radius 2 is 1.84 bits per heavy atom. The van der Waals surface area contributed by atoms with Crippen molar-refractivity contribution in [2.45, 2.75) is 31.1 Å². The Balaban J connectivity index is 1.54. The number of aromatic nitrogens is 3. The first kappa shape index (κ1) is 16.1. The van der Waals surface area contributed by atoms with Crippen molar-refractivity contribution in [3.05, 3.63) is 41.7 Å². The predicted molar refractivity (Wildman–Crippen MR) is 96.5 cm³/mol. The number of carbonyl (C=O) groups is 1. The molecule has 1 aromatic heterocycles. The summed E-state index contributed by atoms with van der Waals surface area (Å²) in [6, 6.07) is 10.6. The van der Waals surface area contributed by atoms with Gasteiger partial charge in [0.2, 0.25) is 11.9 Å². The van der Waals surface area contributed by atoms with Crippen LogP contribution in [0.25, 0.3) is 0 Å². The van der Waals surface area contributed by atoms with Crippen molar-refractivity contribution in [1.82, 2.24) is 20.1 Å². The van der Waals surface area contributed by atoms with E-state index in [2.05, 4.69) is 62.4 Å². The van der Waals surface area contributed by atoms with Crippen molar-refractivity contribution in [1.29, 1.82) is 0 Å². The topological polar surface area (TPSA) is 63.1 Å². The fourth-order valence-electron chi connectivity index (χ4n) is 4.08. The first-order valence-corrected chi connectivity index (χ1v) is 9.07. The maximum Gasteiger partial charge on any atom is 0.226 e. The molecule has 0 radical (unpaired) electrons. The van der Waals surface area contributed by atoms with Crippen LogP contribution in [0.1, 0.15) is 37.1 Å². The van der Waals surface area contributed by atoms with E-state index in [-0.39, 0.29) is 17.2 Å². The van der Waals surface area contributed by atoms with Gasteiger partial charge in [-0.05, 0) is 31.2 Å². The Bertz CT molecular complexity index is 757. The Morgan fingerprint density at radius 3 is 2.44 bits per heavy atom. The Kier molecular flexibility index (Phi) is 3.98. The lowest BCUT2D eigenvalue weighted by Gasteiger charge is -2.31. The fourth-order valence-corrected chi connectivity index (χ4v) is 4.08. The second kappa shape index (κ2) is 6.17. The van der Waals surface area contributed by atoms with Crippen LogP contribution in [0.15, 0.2) is 30.3 Å². The predicted octanol–water partition coefficient (Wildman–Crippen LogP) is 1.86. The number of hydrogen-bond donors (Lipinski definition) is 1. The number of carbonyl (C=O) groups excluding carboxylic acids is 1. The van der Waals surface area contributed by atoms with Gasteiger partial charge in [0.05, 0.1) is 5.41 Å². The third-order valence-corrected chi connectivity index (χ3v) is 5.75. The third-order valence-electron chi connectivity index (χ3n) is 5.75. The minimum atomic E-state index is 0.0294. The fraction of sp³-hybridized carbons (Fsp3) is 0.526. The molecule has 0 spiro atoms. The van der Waals surface area contributed by atoms with Gasteiger partial charge in [-0.25, -0.2) is 0 Å². The van der Waals surface area contributed by atoms with Crippen LogP contribution in [0.4, 0.5) is 5.95 Å². The number of anilines is 1. The summed E-state index contributed by atoms with van der Waals surface area (Å²) in [5, 5.41) is 11.8. The molecule has 25 heavy (non-hydrogen) atoms. The van der Waals surface area contributed by atoms with Crippen LogP contribution in [0.3, 0.4) is 0 Å². The Labute approximate surface area is 148 Å². The summed E-state index contributed by atoms with van der Waals surface area (Å²) in [6.45, 7) is 1.70.